The third-order valence-corrected chi connectivity index (χ3v) is 4.56. The van der Waals surface area contributed by atoms with E-state index >= 15 is 0 Å². The third kappa shape index (κ3) is 3.24. The Bertz CT molecular complexity index is 779. The molecule has 0 unspecified atom stereocenters. The molecule has 1 atom stereocenters. The van der Waals surface area contributed by atoms with Crippen LogP contribution in [-0.4, -0.2) is 30.7 Å². The van der Waals surface area contributed by atoms with Crippen LogP contribution in [0.25, 0.3) is 0 Å². The van der Waals surface area contributed by atoms with Crippen LogP contribution in [0, 0.1) is 5.82 Å². The minimum atomic E-state index is -0.326. The lowest BCUT2D eigenvalue weighted by atomic mass is 10.0. The van der Waals surface area contributed by atoms with Crippen molar-refractivity contribution in [3.05, 3.63) is 53.8 Å². The number of nitrogens with zero attached hydrogens (tertiary/aromatic N) is 1. The minimum Gasteiger partial charge on any atom is -0.486 e. The molecule has 0 radical (unpaired) electrons. The molecule has 0 saturated carbocycles. The Hall–Kier alpha value is -2.76. The Labute approximate surface area is 145 Å². The quantitative estimate of drug-likeness (QED) is 0.898. The summed E-state index contributed by atoms with van der Waals surface area (Å²) in [4.78, 5) is 14.5. The van der Waals surface area contributed by atoms with Gasteiger partial charge in [0.1, 0.15) is 19.0 Å². The highest BCUT2D eigenvalue weighted by Crippen LogP contribution is 2.38. The highest BCUT2D eigenvalue weighted by Gasteiger charge is 2.31. The Morgan fingerprint density at radius 2 is 1.84 bits per heavy atom. The second-order valence-electron chi connectivity index (χ2n) is 6.19. The van der Waals surface area contributed by atoms with Gasteiger partial charge >= 0.3 is 6.03 Å². The molecule has 2 aromatic rings. The summed E-state index contributed by atoms with van der Waals surface area (Å²) in [6.07, 6.45) is 1.84. The van der Waals surface area contributed by atoms with Crippen molar-refractivity contribution in [2.75, 3.05) is 25.1 Å². The van der Waals surface area contributed by atoms with E-state index < -0.39 is 0 Å². The molecular weight excluding hydrogens is 323 g/mol. The molecule has 2 amide bonds. The minimum absolute atomic E-state index is 0.00345. The second-order valence-corrected chi connectivity index (χ2v) is 6.19. The average molecular weight is 342 g/mol. The van der Waals surface area contributed by atoms with Crippen LogP contribution in [0.15, 0.2) is 42.5 Å². The molecule has 1 fully saturated rings. The number of urea groups is 1. The van der Waals surface area contributed by atoms with E-state index in [0.717, 1.165) is 29.9 Å². The SMILES string of the molecule is O=C(Nc1ccc(F)cc1)N1CCC[C@H]1c1ccc2c(c1)OCCO2. The van der Waals surface area contributed by atoms with E-state index in [2.05, 4.69) is 5.32 Å². The van der Waals surface area contributed by atoms with E-state index in [0.29, 0.717) is 25.4 Å². The van der Waals surface area contributed by atoms with Gasteiger partial charge in [-0.2, -0.15) is 0 Å². The molecule has 0 spiro atoms. The summed E-state index contributed by atoms with van der Waals surface area (Å²) in [5, 5.41) is 2.84. The van der Waals surface area contributed by atoms with E-state index in [-0.39, 0.29) is 17.9 Å². The third-order valence-electron chi connectivity index (χ3n) is 4.56. The fourth-order valence-electron chi connectivity index (χ4n) is 3.35. The summed E-state index contributed by atoms with van der Waals surface area (Å²) in [6.45, 7) is 1.78. The van der Waals surface area contributed by atoms with Crippen LogP contribution >= 0.6 is 0 Å². The van der Waals surface area contributed by atoms with Gasteiger partial charge in [-0.05, 0) is 54.8 Å². The maximum atomic E-state index is 13.0. The number of nitrogens with one attached hydrogen (secondary N) is 1. The standard InChI is InChI=1S/C19H19FN2O3/c20-14-4-6-15(7-5-14)21-19(23)22-9-1-2-16(22)13-3-8-17-18(12-13)25-11-10-24-17/h3-8,12,16H,1-2,9-11H2,(H,21,23)/t16-/m0/s1. The molecule has 1 saturated heterocycles. The van der Waals surface area contributed by atoms with E-state index in [4.69, 9.17) is 9.47 Å². The highest BCUT2D eigenvalue weighted by atomic mass is 19.1. The van der Waals surface area contributed by atoms with Crippen LogP contribution in [0.4, 0.5) is 14.9 Å². The molecule has 2 heterocycles. The van der Waals surface area contributed by atoms with Crippen LogP contribution < -0.4 is 14.8 Å². The number of fused-ring (bicyclic) bond motifs is 1. The summed E-state index contributed by atoms with van der Waals surface area (Å²) in [5.74, 6) is 1.15. The number of rotatable bonds is 2. The fraction of sp³-hybridized carbons (Fsp3) is 0.316. The number of amides is 2. The van der Waals surface area contributed by atoms with Crippen molar-refractivity contribution in [1.82, 2.24) is 4.90 Å². The van der Waals surface area contributed by atoms with Gasteiger partial charge in [0.2, 0.25) is 0 Å². The van der Waals surface area contributed by atoms with Gasteiger partial charge in [0, 0.05) is 12.2 Å². The molecule has 1 N–H and O–H groups in total. The monoisotopic (exact) mass is 342 g/mol. The fourth-order valence-corrected chi connectivity index (χ4v) is 3.35. The van der Waals surface area contributed by atoms with Crippen LogP contribution in [0.5, 0.6) is 11.5 Å². The zero-order valence-electron chi connectivity index (χ0n) is 13.7. The van der Waals surface area contributed by atoms with E-state index in [9.17, 15) is 9.18 Å². The number of halogens is 1. The van der Waals surface area contributed by atoms with E-state index in [1.807, 2.05) is 23.1 Å². The molecule has 2 aromatic carbocycles. The lowest BCUT2D eigenvalue weighted by Gasteiger charge is -2.27. The van der Waals surface area contributed by atoms with Gasteiger partial charge < -0.3 is 19.7 Å². The number of benzene rings is 2. The van der Waals surface area contributed by atoms with Crippen molar-refractivity contribution in [1.29, 1.82) is 0 Å². The molecule has 130 valence electrons. The van der Waals surface area contributed by atoms with Crippen molar-refractivity contribution in [3.63, 3.8) is 0 Å². The van der Waals surface area contributed by atoms with Crippen molar-refractivity contribution >= 4 is 11.7 Å². The molecule has 6 heteroatoms. The van der Waals surface area contributed by atoms with Gasteiger partial charge in [0.25, 0.3) is 0 Å². The number of likely N-dealkylation sites (tertiary alicyclic amines) is 1. The van der Waals surface area contributed by atoms with Crippen molar-refractivity contribution in [2.45, 2.75) is 18.9 Å². The maximum absolute atomic E-state index is 13.0. The Morgan fingerprint density at radius 3 is 2.64 bits per heavy atom. The first-order valence-electron chi connectivity index (χ1n) is 8.43. The molecular formula is C19H19FN2O3. The van der Waals surface area contributed by atoms with E-state index in [1.165, 1.54) is 12.1 Å². The largest absolute Gasteiger partial charge is 0.486 e. The molecule has 0 aromatic heterocycles. The van der Waals surface area contributed by atoms with Crippen molar-refractivity contribution in [2.24, 2.45) is 0 Å². The zero-order valence-corrected chi connectivity index (χ0v) is 13.7. The zero-order chi connectivity index (χ0) is 17.2. The first-order valence-corrected chi connectivity index (χ1v) is 8.43. The summed E-state index contributed by atoms with van der Waals surface area (Å²) in [5.41, 5.74) is 1.62. The number of hydrogen-bond acceptors (Lipinski definition) is 3. The highest BCUT2D eigenvalue weighted by molar-refractivity contribution is 5.89. The van der Waals surface area contributed by atoms with Crippen LogP contribution in [0.2, 0.25) is 0 Å². The van der Waals surface area contributed by atoms with Crippen LogP contribution in [-0.2, 0) is 0 Å². The first kappa shape index (κ1) is 15.7. The van der Waals surface area contributed by atoms with Gasteiger partial charge in [-0.3, -0.25) is 0 Å². The smallest absolute Gasteiger partial charge is 0.322 e. The lowest BCUT2D eigenvalue weighted by Crippen LogP contribution is -2.34. The number of anilines is 1. The summed E-state index contributed by atoms with van der Waals surface area (Å²) in [6, 6.07) is 11.4. The number of ether oxygens (including phenoxy) is 2. The molecule has 0 bridgehead atoms. The first-order chi connectivity index (χ1) is 12.2. The number of carbonyl (C=O) groups excluding carboxylic acids is 1. The number of carbonyl (C=O) groups is 1. The van der Waals surface area contributed by atoms with Crippen LogP contribution in [0.1, 0.15) is 24.4 Å². The molecule has 2 aliphatic heterocycles. The molecule has 5 nitrogen and oxygen atoms in total. The molecule has 2 aliphatic rings. The normalized spacial score (nSPS) is 18.9. The van der Waals surface area contributed by atoms with Gasteiger partial charge in [-0.1, -0.05) is 6.07 Å². The predicted molar refractivity (Wildman–Crippen MR) is 91.5 cm³/mol. The van der Waals surface area contributed by atoms with Gasteiger partial charge in [0.05, 0.1) is 6.04 Å². The Morgan fingerprint density at radius 1 is 1.08 bits per heavy atom. The topological polar surface area (TPSA) is 50.8 Å². The summed E-state index contributed by atoms with van der Waals surface area (Å²) in [7, 11) is 0. The molecule has 4 rings (SSSR count). The molecule has 25 heavy (non-hydrogen) atoms. The van der Waals surface area contributed by atoms with Crippen molar-refractivity contribution < 1.29 is 18.7 Å². The number of hydrogen-bond donors (Lipinski definition) is 1. The van der Waals surface area contributed by atoms with Gasteiger partial charge in [0.15, 0.2) is 11.5 Å². The predicted octanol–water partition coefficient (Wildman–Crippen LogP) is 3.97. The van der Waals surface area contributed by atoms with Crippen LogP contribution in [0.3, 0.4) is 0 Å². The second kappa shape index (κ2) is 6.63. The lowest BCUT2D eigenvalue weighted by molar-refractivity contribution is 0.170. The summed E-state index contributed by atoms with van der Waals surface area (Å²) < 4.78 is 24.2. The average Bonchev–Trinajstić information content (AvgIpc) is 3.13. The Balaban J connectivity index is 1.51. The van der Waals surface area contributed by atoms with Gasteiger partial charge in [-0.25, -0.2) is 9.18 Å². The van der Waals surface area contributed by atoms with E-state index in [1.54, 1.807) is 12.1 Å². The molecule has 0 aliphatic carbocycles. The maximum Gasteiger partial charge on any atom is 0.322 e. The van der Waals surface area contributed by atoms with Gasteiger partial charge in [-0.15, -0.1) is 0 Å². The summed E-state index contributed by atoms with van der Waals surface area (Å²) >= 11 is 0. The van der Waals surface area contributed by atoms with Crippen molar-refractivity contribution in [3.8, 4) is 11.5 Å². The Kier molecular flexibility index (Phi) is 4.17.